The highest BCUT2D eigenvalue weighted by Gasteiger charge is 2.23. The van der Waals surface area contributed by atoms with Gasteiger partial charge in [-0.25, -0.2) is 4.39 Å². The quantitative estimate of drug-likeness (QED) is 0.208. The van der Waals surface area contributed by atoms with Crippen LogP contribution in [0.2, 0.25) is 0 Å². The van der Waals surface area contributed by atoms with Crippen LogP contribution in [0.15, 0.2) is 72.8 Å². The molecule has 1 aliphatic rings. The lowest BCUT2D eigenvalue weighted by Crippen LogP contribution is -2.12. The third-order valence-corrected chi connectivity index (χ3v) is 8.47. The lowest BCUT2D eigenvalue weighted by molar-refractivity contribution is -0.119. The predicted octanol–water partition coefficient (Wildman–Crippen LogP) is 9.98. The van der Waals surface area contributed by atoms with Crippen molar-refractivity contribution in [2.75, 3.05) is 0 Å². The molecule has 1 saturated carbocycles. The minimum atomic E-state index is -0.191. The number of carbonyl (C=O) groups is 1. The van der Waals surface area contributed by atoms with Crippen LogP contribution >= 0.6 is 0 Å². The van der Waals surface area contributed by atoms with E-state index in [-0.39, 0.29) is 23.4 Å². The molecule has 2 aromatic rings. The summed E-state index contributed by atoms with van der Waals surface area (Å²) in [5.74, 6) is 2.06. The topological polar surface area (TPSA) is 17.1 Å². The molecule has 0 N–H and O–H groups in total. The third kappa shape index (κ3) is 9.09. The zero-order valence-electron chi connectivity index (χ0n) is 23.5. The lowest BCUT2D eigenvalue weighted by atomic mass is 9.84. The van der Waals surface area contributed by atoms with Gasteiger partial charge in [0.2, 0.25) is 0 Å². The number of carbonyl (C=O) groups excluding carboxylic acids is 1. The van der Waals surface area contributed by atoms with Crippen molar-refractivity contribution in [1.29, 1.82) is 0 Å². The lowest BCUT2D eigenvalue weighted by Gasteiger charge is -2.21. The average Bonchev–Trinajstić information content (AvgIpc) is 3.15. The number of hydrogen-bond acceptors (Lipinski definition) is 1. The third-order valence-electron chi connectivity index (χ3n) is 8.47. The number of hydrogen-bond donors (Lipinski definition) is 0. The first-order chi connectivity index (χ1) is 17.9. The molecule has 0 spiro atoms. The fourth-order valence-electron chi connectivity index (χ4n) is 5.96. The van der Waals surface area contributed by atoms with E-state index in [2.05, 4.69) is 56.3 Å². The summed E-state index contributed by atoms with van der Waals surface area (Å²) in [5, 5.41) is 0. The average molecular weight is 503 g/mol. The van der Waals surface area contributed by atoms with Crippen molar-refractivity contribution in [1.82, 2.24) is 0 Å². The van der Waals surface area contributed by atoms with Crippen LogP contribution in [0.4, 0.5) is 4.39 Å². The summed E-state index contributed by atoms with van der Waals surface area (Å²) in [4.78, 5) is 12.3. The Balaban J connectivity index is 1.52. The first kappa shape index (κ1) is 29.1. The van der Waals surface area contributed by atoms with Gasteiger partial charge in [0.1, 0.15) is 11.6 Å². The van der Waals surface area contributed by atoms with Crippen LogP contribution in [0.5, 0.6) is 0 Å². The Morgan fingerprint density at radius 3 is 2.43 bits per heavy atom. The highest BCUT2D eigenvalue weighted by Crippen LogP contribution is 2.38. The molecule has 0 radical (unpaired) electrons. The van der Waals surface area contributed by atoms with E-state index in [9.17, 15) is 9.18 Å². The van der Waals surface area contributed by atoms with E-state index in [4.69, 9.17) is 0 Å². The standard InChI is InChI=1S/C35H47FO/c1-5-6-7-12-26(2)30-14-11-15-31(24-23-30)32-21-19-29(20-22-32)13-10-16-33(28(4)37)25-27(3)34-17-8-9-18-35(34)36/h6-10,16-22,26-27,30-31,33H,5,11-15,23-25H2,1-4H3/b7-6-,16-10-. The van der Waals surface area contributed by atoms with Crippen molar-refractivity contribution in [3.8, 4) is 0 Å². The number of halogens is 1. The van der Waals surface area contributed by atoms with Crippen LogP contribution < -0.4 is 0 Å². The largest absolute Gasteiger partial charge is 0.299 e. The van der Waals surface area contributed by atoms with E-state index in [0.717, 1.165) is 24.7 Å². The summed E-state index contributed by atoms with van der Waals surface area (Å²) in [7, 11) is 0. The van der Waals surface area contributed by atoms with Crippen molar-refractivity contribution in [2.24, 2.45) is 17.8 Å². The number of ketones is 1. The second-order valence-corrected chi connectivity index (χ2v) is 11.3. The first-order valence-corrected chi connectivity index (χ1v) is 14.5. The van der Waals surface area contributed by atoms with E-state index >= 15 is 0 Å². The summed E-state index contributed by atoms with van der Waals surface area (Å²) >= 11 is 0. The molecular weight excluding hydrogens is 455 g/mol. The number of benzene rings is 2. The molecule has 3 rings (SSSR count). The monoisotopic (exact) mass is 502 g/mol. The maximum absolute atomic E-state index is 14.2. The summed E-state index contributed by atoms with van der Waals surface area (Å²) < 4.78 is 14.2. The summed E-state index contributed by atoms with van der Waals surface area (Å²) in [5.41, 5.74) is 3.44. The Kier molecular flexibility index (Phi) is 11.8. The van der Waals surface area contributed by atoms with Crippen LogP contribution in [0.3, 0.4) is 0 Å². The van der Waals surface area contributed by atoms with Gasteiger partial charge in [-0.05, 0) is 98.3 Å². The van der Waals surface area contributed by atoms with Crippen molar-refractivity contribution >= 4 is 5.78 Å². The van der Waals surface area contributed by atoms with Crippen molar-refractivity contribution in [3.05, 3.63) is 95.3 Å². The highest BCUT2D eigenvalue weighted by molar-refractivity contribution is 5.80. The molecule has 2 aromatic carbocycles. The molecule has 0 heterocycles. The molecule has 5 unspecified atom stereocenters. The van der Waals surface area contributed by atoms with Gasteiger partial charge in [-0.15, -0.1) is 0 Å². The molecule has 200 valence electrons. The minimum Gasteiger partial charge on any atom is -0.299 e. The molecule has 0 saturated heterocycles. The summed E-state index contributed by atoms with van der Waals surface area (Å²) in [6.07, 6.45) is 19.3. The first-order valence-electron chi connectivity index (χ1n) is 14.5. The normalized spacial score (nSPS) is 21.1. The van der Waals surface area contributed by atoms with Gasteiger partial charge in [0, 0.05) is 5.92 Å². The molecule has 1 aliphatic carbocycles. The van der Waals surface area contributed by atoms with Gasteiger partial charge in [0.25, 0.3) is 0 Å². The van der Waals surface area contributed by atoms with E-state index in [1.807, 2.05) is 25.1 Å². The predicted molar refractivity (Wildman–Crippen MR) is 155 cm³/mol. The molecule has 2 heteroatoms. The van der Waals surface area contributed by atoms with Gasteiger partial charge in [-0.2, -0.15) is 0 Å². The maximum atomic E-state index is 14.2. The fraction of sp³-hybridized carbons (Fsp3) is 0.514. The van der Waals surface area contributed by atoms with Gasteiger partial charge in [-0.1, -0.05) is 100 Å². The SMILES string of the molecule is CC/C=C\CC(C)C1CCCC(c2ccc(C/C=C\C(CC(C)c3ccccc3F)C(C)=O)cc2)CC1. The van der Waals surface area contributed by atoms with Crippen LogP contribution in [-0.4, -0.2) is 5.78 Å². The molecule has 1 fully saturated rings. The van der Waals surface area contributed by atoms with Gasteiger partial charge < -0.3 is 0 Å². The Morgan fingerprint density at radius 1 is 0.973 bits per heavy atom. The number of rotatable bonds is 12. The van der Waals surface area contributed by atoms with Gasteiger partial charge in [0.05, 0.1) is 0 Å². The molecular formula is C35H47FO. The Morgan fingerprint density at radius 2 is 1.73 bits per heavy atom. The van der Waals surface area contributed by atoms with Gasteiger partial charge >= 0.3 is 0 Å². The fourth-order valence-corrected chi connectivity index (χ4v) is 5.96. The minimum absolute atomic E-state index is 0.00556. The van der Waals surface area contributed by atoms with E-state index < -0.39 is 0 Å². The van der Waals surface area contributed by atoms with Crippen LogP contribution in [0, 0.1) is 23.6 Å². The molecule has 37 heavy (non-hydrogen) atoms. The molecule has 5 atom stereocenters. The van der Waals surface area contributed by atoms with Crippen molar-refractivity contribution in [2.45, 2.75) is 97.3 Å². The Labute approximate surface area is 225 Å². The zero-order valence-corrected chi connectivity index (χ0v) is 23.5. The van der Waals surface area contributed by atoms with Crippen molar-refractivity contribution in [3.63, 3.8) is 0 Å². The van der Waals surface area contributed by atoms with Crippen LogP contribution in [-0.2, 0) is 11.2 Å². The van der Waals surface area contributed by atoms with Crippen LogP contribution in [0.1, 0.15) is 108 Å². The summed E-state index contributed by atoms with van der Waals surface area (Å²) in [6.45, 7) is 8.28. The number of Topliss-reactive ketones (excluding diaryl/α,β-unsaturated/α-hetero) is 1. The number of allylic oxidation sites excluding steroid dienone is 4. The van der Waals surface area contributed by atoms with Gasteiger partial charge in [0.15, 0.2) is 0 Å². The van der Waals surface area contributed by atoms with E-state index in [0.29, 0.717) is 17.9 Å². The zero-order chi connectivity index (χ0) is 26.6. The Bertz CT molecular complexity index is 1020. The summed E-state index contributed by atoms with van der Waals surface area (Å²) in [6, 6.07) is 16.0. The van der Waals surface area contributed by atoms with Gasteiger partial charge in [-0.3, -0.25) is 4.79 Å². The molecule has 0 bridgehead atoms. The molecule has 0 amide bonds. The van der Waals surface area contributed by atoms with E-state index in [1.54, 1.807) is 13.0 Å². The molecule has 1 nitrogen and oxygen atoms in total. The van der Waals surface area contributed by atoms with Crippen molar-refractivity contribution < 1.29 is 9.18 Å². The second kappa shape index (κ2) is 15.1. The Hall–Kier alpha value is -2.48. The maximum Gasteiger partial charge on any atom is 0.136 e. The van der Waals surface area contributed by atoms with E-state index in [1.165, 1.54) is 55.7 Å². The second-order valence-electron chi connectivity index (χ2n) is 11.3. The smallest absolute Gasteiger partial charge is 0.136 e. The van der Waals surface area contributed by atoms with Crippen LogP contribution in [0.25, 0.3) is 0 Å². The molecule has 0 aromatic heterocycles. The highest BCUT2D eigenvalue weighted by atomic mass is 19.1. The molecule has 0 aliphatic heterocycles.